The van der Waals surface area contributed by atoms with Crippen LogP contribution in [0.2, 0.25) is 0 Å². The largest absolute Gasteiger partial charge is 0.407 e. The van der Waals surface area contributed by atoms with Gasteiger partial charge in [-0.05, 0) is 61.6 Å². The summed E-state index contributed by atoms with van der Waals surface area (Å²) in [7, 11) is -2.74. The van der Waals surface area contributed by atoms with Gasteiger partial charge in [0.2, 0.25) is 0 Å². The van der Waals surface area contributed by atoms with Crippen molar-refractivity contribution in [2.75, 3.05) is 0 Å². The fourth-order valence-corrected chi connectivity index (χ4v) is 4.80. The van der Waals surface area contributed by atoms with Gasteiger partial charge in [-0.1, -0.05) is 55.5 Å². The lowest BCUT2D eigenvalue weighted by Crippen LogP contribution is -2.17. The van der Waals surface area contributed by atoms with E-state index in [0.717, 1.165) is 16.7 Å². The number of rotatable bonds is 6. The lowest BCUT2D eigenvalue weighted by Gasteiger charge is -2.20. The van der Waals surface area contributed by atoms with E-state index in [4.69, 9.17) is 4.52 Å². The van der Waals surface area contributed by atoms with Crippen LogP contribution in [0.4, 0.5) is 0 Å². The second-order valence-electron chi connectivity index (χ2n) is 7.20. The molecule has 0 saturated carbocycles. The van der Waals surface area contributed by atoms with E-state index in [1.54, 1.807) is 43.3 Å². The van der Waals surface area contributed by atoms with Gasteiger partial charge in [0, 0.05) is 16.4 Å². The van der Waals surface area contributed by atoms with Crippen molar-refractivity contribution in [1.82, 2.24) is 0 Å². The first-order chi connectivity index (χ1) is 14.4. The van der Waals surface area contributed by atoms with Crippen LogP contribution in [-0.2, 0) is 15.5 Å². The zero-order valence-electron chi connectivity index (χ0n) is 17.6. The van der Waals surface area contributed by atoms with Gasteiger partial charge < -0.3 is 4.52 Å². The van der Waals surface area contributed by atoms with Crippen LogP contribution in [-0.4, -0.2) is 11.8 Å². The van der Waals surface area contributed by atoms with E-state index in [1.807, 2.05) is 45.0 Å². The predicted molar refractivity (Wildman–Crippen MR) is 120 cm³/mol. The number of benzene rings is 3. The van der Waals surface area contributed by atoms with Crippen molar-refractivity contribution in [3.05, 3.63) is 99.6 Å². The molecule has 4 nitrogen and oxygen atoms in total. The molecule has 0 amide bonds. The van der Waals surface area contributed by atoms with Crippen molar-refractivity contribution < 1.29 is 18.7 Å². The van der Waals surface area contributed by atoms with Crippen LogP contribution in [0.25, 0.3) is 0 Å². The molecule has 0 spiro atoms. The highest BCUT2D eigenvalue weighted by Gasteiger charge is 2.26. The molecule has 0 radical (unpaired) electrons. The molecule has 30 heavy (non-hydrogen) atoms. The molecule has 5 heteroatoms. The Balaban J connectivity index is 2.09. The van der Waals surface area contributed by atoms with Crippen molar-refractivity contribution >= 4 is 25.1 Å². The Morgan fingerprint density at radius 2 is 1.33 bits per heavy atom. The fourth-order valence-electron chi connectivity index (χ4n) is 3.95. The van der Waals surface area contributed by atoms with Gasteiger partial charge in [0.15, 0.2) is 5.78 Å². The third kappa shape index (κ3) is 4.15. The minimum atomic E-state index is -2.74. The van der Waals surface area contributed by atoms with Crippen molar-refractivity contribution in [1.29, 1.82) is 0 Å². The average Bonchev–Trinajstić information content (AvgIpc) is 2.75. The summed E-state index contributed by atoms with van der Waals surface area (Å²) < 4.78 is 17.9. The highest BCUT2D eigenvalue weighted by Crippen LogP contribution is 2.32. The highest BCUT2D eigenvalue weighted by atomic mass is 31.1. The van der Waals surface area contributed by atoms with Gasteiger partial charge in [0.05, 0.1) is 5.56 Å². The third-order valence-electron chi connectivity index (χ3n) is 5.42. The van der Waals surface area contributed by atoms with Gasteiger partial charge in [0.1, 0.15) is 0 Å². The predicted octanol–water partition coefficient (Wildman–Crippen LogP) is 5.36. The zero-order valence-corrected chi connectivity index (χ0v) is 18.6. The molecule has 0 heterocycles. The maximum atomic E-state index is 13.3. The molecule has 0 aliphatic carbocycles. The van der Waals surface area contributed by atoms with E-state index < -0.39 is 14.0 Å². The molecule has 0 aliphatic rings. The summed E-state index contributed by atoms with van der Waals surface area (Å²) in [5, 5.41) is 0.481. The van der Waals surface area contributed by atoms with Crippen LogP contribution in [0.5, 0.6) is 0 Å². The van der Waals surface area contributed by atoms with Crippen molar-refractivity contribution in [3.63, 3.8) is 0 Å². The first-order valence-corrected chi connectivity index (χ1v) is 11.2. The minimum absolute atomic E-state index is 0.134. The molecule has 3 rings (SSSR count). The molecule has 0 fully saturated rings. The van der Waals surface area contributed by atoms with Crippen LogP contribution in [0.1, 0.15) is 55.5 Å². The molecule has 154 valence electrons. The zero-order chi connectivity index (χ0) is 21.8. The molecule has 1 atom stereocenters. The maximum absolute atomic E-state index is 13.3. The molecule has 3 aromatic carbocycles. The molecule has 1 unspecified atom stereocenters. The summed E-state index contributed by atoms with van der Waals surface area (Å²) in [5.74, 6) is -0.792. The van der Waals surface area contributed by atoms with E-state index in [1.165, 1.54) is 0 Å². The second-order valence-corrected chi connectivity index (χ2v) is 8.55. The Morgan fingerprint density at radius 3 is 1.90 bits per heavy atom. The lowest BCUT2D eigenvalue weighted by atomic mass is 9.84. The monoisotopic (exact) mass is 420 g/mol. The van der Waals surface area contributed by atoms with E-state index in [0.29, 0.717) is 34.0 Å². The van der Waals surface area contributed by atoms with E-state index >= 15 is 0 Å². The molecule has 3 aromatic rings. The number of ketones is 1. The summed E-state index contributed by atoms with van der Waals surface area (Å²) in [6.45, 7) is 7.51. The maximum Gasteiger partial charge on any atom is 0.343 e. The quantitative estimate of drug-likeness (QED) is 0.398. The van der Waals surface area contributed by atoms with Gasteiger partial charge in [-0.3, -0.25) is 9.36 Å². The first-order valence-electron chi connectivity index (χ1n) is 9.90. The standard InChI is InChI=1S/C25H25O4P/c1-5-21-16(2)22(24(26)19-12-8-6-9-13-19)18(4)23(17(21)3)25(27)29-30(28)20-14-10-7-11-15-20/h6-15,30H,5H2,1-4H3. The Labute approximate surface area is 177 Å². The van der Waals surface area contributed by atoms with Crippen molar-refractivity contribution in [2.45, 2.75) is 34.1 Å². The number of hydrogen-bond acceptors (Lipinski definition) is 4. The summed E-state index contributed by atoms with van der Waals surface area (Å²) in [4.78, 5) is 26.3. The fraction of sp³-hybridized carbons (Fsp3) is 0.200. The molecular formula is C25H25O4P. The van der Waals surface area contributed by atoms with Crippen molar-refractivity contribution in [3.8, 4) is 0 Å². The summed E-state index contributed by atoms with van der Waals surface area (Å²) >= 11 is 0. The van der Waals surface area contributed by atoms with E-state index in [-0.39, 0.29) is 5.78 Å². The van der Waals surface area contributed by atoms with Crippen LogP contribution >= 0.6 is 8.03 Å². The van der Waals surface area contributed by atoms with Gasteiger partial charge in [0.25, 0.3) is 8.03 Å². The molecule has 0 bridgehead atoms. The smallest absolute Gasteiger partial charge is 0.343 e. The van der Waals surface area contributed by atoms with Crippen LogP contribution in [0, 0.1) is 20.8 Å². The van der Waals surface area contributed by atoms with Crippen LogP contribution in [0.3, 0.4) is 0 Å². The molecular weight excluding hydrogens is 395 g/mol. The minimum Gasteiger partial charge on any atom is -0.407 e. The number of hydrogen-bond donors (Lipinski definition) is 0. The Morgan fingerprint density at radius 1 is 0.800 bits per heavy atom. The Bertz CT molecular complexity index is 1120. The lowest BCUT2D eigenvalue weighted by molar-refractivity contribution is 0.0750. The summed E-state index contributed by atoms with van der Waals surface area (Å²) in [6.07, 6.45) is 0.668. The third-order valence-corrected chi connectivity index (χ3v) is 6.60. The Kier molecular flexibility index (Phi) is 6.69. The highest BCUT2D eigenvalue weighted by molar-refractivity contribution is 7.49. The molecule has 0 aliphatic heterocycles. The number of carbonyl (C=O) groups excluding carboxylic acids is 2. The van der Waals surface area contributed by atoms with Crippen molar-refractivity contribution in [2.24, 2.45) is 0 Å². The van der Waals surface area contributed by atoms with Gasteiger partial charge in [-0.15, -0.1) is 0 Å². The molecule has 0 aromatic heterocycles. The van der Waals surface area contributed by atoms with E-state index in [9.17, 15) is 14.2 Å². The topological polar surface area (TPSA) is 60.4 Å². The van der Waals surface area contributed by atoms with Crippen LogP contribution in [0.15, 0.2) is 60.7 Å². The average molecular weight is 420 g/mol. The molecule has 0 saturated heterocycles. The van der Waals surface area contributed by atoms with Gasteiger partial charge in [-0.2, -0.15) is 0 Å². The van der Waals surface area contributed by atoms with Crippen LogP contribution < -0.4 is 5.30 Å². The second kappa shape index (κ2) is 9.23. The molecule has 0 N–H and O–H groups in total. The SMILES string of the molecule is CCc1c(C)c(C(=O)O[PH](=O)c2ccccc2)c(C)c(C(=O)c2ccccc2)c1C. The Hall–Kier alpha value is -2.97. The summed E-state index contributed by atoms with van der Waals surface area (Å²) in [6, 6.07) is 17.7. The first kappa shape index (κ1) is 21.7. The van der Waals surface area contributed by atoms with Gasteiger partial charge >= 0.3 is 5.97 Å². The normalized spacial score (nSPS) is 11.7. The van der Waals surface area contributed by atoms with E-state index in [2.05, 4.69) is 0 Å². The van der Waals surface area contributed by atoms with Gasteiger partial charge in [-0.25, -0.2) is 4.79 Å². The summed E-state index contributed by atoms with van der Waals surface area (Å²) in [5.41, 5.74) is 4.53. The number of carbonyl (C=O) groups is 2.